The Morgan fingerprint density at radius 3 is 2.19 bits per heavy atom. The Labute approximate surface area is 191 Å². The zero-order chi connectivity index (χ0) is 23.8. The molecule has 8 atom stereocenters. The molecule has 1 saturated heterocycles. The molecule has 2 aliphatic carbocycles. The van der Waals surface area contributed by atoms with E-state index in [1.54, 1.807) is 6.92 Å². The summed E-state index contributed by atoms with van der Waals surface area (Å²) in [4.78, 5) is 12.6. The van der Waals surface area contributed by atoms with Gasteiger partial charge < -0.3 is 18.7 Å². The number of ether oxygens (including phenoxy) is 1. The van der Waals surface area contributed by atoms with Gasteiger partial charge in [-0.1, -0.05) is 27.7 Å². The number of hydrogen-bond donors (Lipinski definition) is 1. The van der Waals surface area contributed by atoms with E-state index in [9.17, 15) is 9.90 Å². The topological polar surface area (TPSA) is 65.0 Å². The predicted molar refractivity (Wildman–Crippen MR) is 129 cm³/mol. The van der Waals surface area contributed by atoms with Crippen molar-refractivity contribution in [1.29, 1.82) is 0 Å². The molecular weight excluding hydrogens is 424 g/mol. The van der Waals surface area contributed by atoms with Crippen LogP contribution in [-0.4, -0.2) is 51.1 Å². The number of rotatable bonds is 4. The van der Waals surface area contributed by atoms with Crippen molar-refractivity contribution in [3.63, 3.8) is 0 Å². The minimum absolute atomic E-state index is 0.128. The Morgan fingerprint density at radius 2 is 1.68 bits per heavy atom. The third-order valence-corrected chi connectivity index (χ3v) is 14.4. The molecule has 0 bridgehead atoms. The molecule has 1 N–H and O–H groups in total. The van der Waals surface area contributed by atoms with Crippen molar-refractivity contribution in [1.82, 2.24) is 0 Å². The van der Waals surface area contributed by atoms with Gasteiger partial charge in [0.15, 0.2) is 22.2 Å². The molecule has 3 rings (SSSR count). The van der Waals surface area contributed by atoms with Crippen LogP contribution >= 0.6 is 0 Å². The van der Waals surface area contributed by atoms with E-state index < -0.39 is 28.2 Å². The second kappa shape index (κ2) is 7.65. The maximum Gasteiger partial charge on any atom is 0.338 e. The van der Waals surface area contributed by atoms with Crippen LogP contribution in [0.2, 0.25) is 37.8 Å². The van der Waals surface area contributed by atoms with Crippen LogP contribution in [0, 0.1) is 23.7 Å². The van der Waals surface area contributed by atoms with Gasteiger partial charge in [0.2, 0.25) is 0 Å². The maximum atomic E-state index is 12.6. The van der Waals surface area contributed by atoms with Crippen molar-refractivity contribution in [3.8, 4) is 0 Å². The summed E-state index contributed by atoms with van der Waals surface area (Å²) in [6.45, 7) is 24.4. The third-order valence-electron chi connectivity index (χ3n) is 8.83. The summed E-state index contributed by atoms with van der Waals surface area (Å²) in [5, 5.41) is 11.2. The van der Waals surface area contributed by atoms with Crippen LogP contribution < -0.4 is 0 Å². The normalized spacial score (nSPS) is 43.9. The molecule has 0 aromatic carbocycles. The molecule has 5 nitrogen and oxygen atoms in total. The highest BCUT2D eigenvalue weighted by atomic mass is 28.4. The van der Waals surface area contributed by atoms with E-state index >= 15 is 0 Å². The fourth-order valence-electron chi connectivity index (χ4n) is 6.17. The molecule has 1 heterocycles. The Morgan fingerprint density at radius 1 is 1.10 bits per heavy atom. The fraction of sp³-hybridized carbons (Fsp3) is 0.958. The number of hydrogen-bond acceptors (Lipinski definition) is 5. The Balaban J connectivity index is 2.00. The molecule has 0 spiro atoms. The predicted octanol–water partition coefficient (Wildman–Crippen LogP) is 5.35. The molecule has 3 fully saturated rings. The summed E-state index contributed by atoms with van der Waals surface area (Å²) >= 11 is 0. The van der Waals surface area contributed by atoms with E-state index in [1.165, 1.54) is 0 Å². The molecule has 0 radical (unpaired) electrons. The van der Waals surface area contributed by atoms with Gasteiger partial charge in [0.05, 0.1) is 5.60 Å². The van der Waals surface area contributed by atoms with Crippen LogP contribution in [0.1, 0.15) is 60.8 Å². The quantitative estimate of drug-likeness (QED) is 0.443. The molecule has 3 aliphatic rings. The zero-order valence-electron chi connectivity index (χ0n) is 21.7. The van der Waals surface area contributed by atoms with Crippen molar-refractivity contribution in [2.45, 2.75) is 122 Å². The van der Waals surface area contributed by atoms with E-state index in [-0.39, 0.29) is 46.5 Å². The fourth-order valence-corrected chi connectivity index (χ4v) is 9.25. The van der Waals surface area contributed by atoms with Crippen molar-refractivity contribution < 1.29 is 23.5 Å². The number of carbonyl (C=O) groups excluding carboxylic acids is 1. The molecule has 0 aromatic heterocycles. The van der Waals surface area contributed by atoms with Gasteiger partial charge in [0.25, 0.3) is 0 Å². The van der Waals surface area contributed by atoms with Gasteiger partial charge in [-0.15, -0.1) is 0 Å². The average Bonchev–Trinajstić information content (AvgIpc) is 2.93. The molecule has 0 unspecified atom stereocenters. The van der Waals surface area contributed by atoms with Crippen LogP contribution in [0.3, 0.4) is 0 Å². The Bertz CT molecular complexity index is 708. The van der Waals surface area contributed by atoms with E-state index in [0.717, 1.165) is 19.3 Å². The monoisotopic (exact) mass is 470 g/mol. The minimum atomic E-state index is -1.95. The highest BCUT2D eigenvalue weighted by Crippen LogP contribution is 2.58. The lowest BCUT2D eigenvalue weighted by Gasteiger charge is -2.43. The maximum absolute atomic E-state index is 12.6. The molecule has 2 saturated carbocycles. The summed E-state index contributed by atoms with van der Waals surface area (Å²) in [5.41, 5.74) is -1.71. The van der Waals surface area contributed by atoms with Gasteiger partial charge in [0.1, 0.15) is 6.10 Å². The van der Waals surface area contributed by atoms with E-state index in [2.05, 4.69) is 67.4 Å². The molecule has 180 valence electrons. The largest absolute Gasteiger partial charge is 0.459 e. The van der Waals surface area contributed by atoms with Gasteiger partial charge in [-0.3, -0.25) is 0 Å². The lowest BCUT2D eigenvalue weighted by atomic mass is 9.75. The smallest absolute Gasteiger partial charge is 0.338 e. The lowest BCUT2D eigenvalue weighted by Crippen LogP contribution is -2.48. The van der Waals surface area contributed by atoms with Crippen molar-refractivity contribution >= 4 is 22.6 Å². The average molecular weight is 471 g/mol. The lowest BCUT2D eigenvalue weighted by molar-refractivity contribution is -0.157. The standard InChI is InChI=1S/C24H46O5Si2/c1-15-18(28-31(10,11)22(2,3)4)14-17-19(15)20-16(24(6,26)21(25)27-20)12-13-23(17,5)29-30(7,8)9/h15-20,26H,12-14H2,1-11H3/t15-,16-,17-,18+,19+,20+,23-,24-/m1/s1. The van der Waals surface area contributed by atoms with Crippen LogP contribution in [0.15, 0.2) is 0 Å². The Hall–Kier alpha value is -0.216. The Kier molecular flexibility index (Phi) is 6.27. The molecule has 1 aliphatic heterocycles. The number of aliphatic hydroxyl groups is 1. The van der Waals surface area contributed by atoms with E-state index in [4.69, 9.17) is 13.6 Å². The number of fused-ring (bicyclic) bond motifs is 3. The summed E-state index contributed by atoms with van der Waals surface area (Å²) in [6.07, 6.45) is 2.39. The van der Waals surface area contributed by atoms with Crippen LogP contribution in [0.4, 0.5) is 0 Å². The first-order valence-electron chi connectivity index (χ1n) is 12.1. The highest BCUT2D eigenvalue weighted by Gasteiger charge is 2.65. The number of esters is 1. The molecular formula is C24H46O5Si2. The second-order valence-electron chi connectivity index (χ2n) is 13.4. The van der Waals surface area contributed by atoms with Crippen LogP contribution in [0.5, 0.6) is 0 Å². The van der Waals surface area contributed by atoms with E-state index in [1.807, 2.05) is 0 Å². The first-order valence-corrected chi connectivity index (χ1v) is 18.4. The van der Waals surface area contributed by atoms with Gasteiger partial charge in [-0.05, 0) is 82.7 Å². The molecule has 0 aromatic rings. The van der Waals surface area contributed by atoms with Crippen LogP contribution in [0.25, 0.3) is 0 Å². The summed E-state index contributed by atoms with van der Waals surface area (Å²) in [6, 6.07) is 0. The SMILES string of the molecule is C[C@H]1[C@@H]2[C@H]3OC(=O)[C@](C)(O)[C@@H]3CC[C@@](C)(O[Si](C)(C)C)[C@@H]2C[C@@H]1O[Si](C)(C)C(C)(C)C. The van der Waals surface area contributed by atoms with Crippen molar-refractivity contribution in [3.05, 3.63) is 0 Å². The first-order chi connectivity index (χ1) is 13.8. The van der Waals surface area contributed by atoms with Gasteiger partial charge in [-0.25, -0.2) is 4.79 Å². The third kappa shape index (κ3) is 4.46. The van der Waals surface area contributed by atoms with Gasteiger partial charge in [0, 0.05) is 17.9 Å². The summed E-state index contributed by atoms with van der Waals surface area (Å²) in [5.74, 6) is -0.0104. The van der Waals surface area contributed by atoms with Crippen LogP contribution in [-0.2, 0) is 18.4 Å². The van der Waals surface area contributed by atoms with Crippen molar-refractivity contribution in [2.75, 3.05) is 0 Å². The zero-order valence-corrected chi connectivity index (χ0v) is 23.7. The summed E-state index contributed by atoms with van der Waals surface area (Å²) < 4.78 is 19.8. The molecule has 7 heteroatoms. The van der Waals surface area contributed by atoms with Crippen molar-refractivity contribution in [2.24, 2.45) is 23.7 Å². The minimum Gasteiger partial charge on any atom is -0.459 e. The van der Waals surface area contributed by atoms with Gasteiger partial charge >= 0.3 is 5.97 Å². The first kappa shape index (κ1) is 25.4. The van der Waals surface area contributed by atoms with Gasteiger partial charge in [-0.2, -0.15) is 0 Å². The second-order valence-corrected chi connectivity index (χ2v) is 22.6. The molecule has 0 amide bonds. The highest BCUT2D eigenvalue weighted by molar-refractivity contribution is 6.74. The molecule has 31 heavy (non-hydrogen) atoms. The number of carbonyl (C=O) groups is 1. The van der Waals surface area contributed by atoms with E-state index in [0.29, 0.717) is 0 Å². The summed E-state index contributed by atoms with van der Waals surface area (Å²) in [7, 11) is -3.75.